The summed E-state index contributed by atoms with van der Waals surface area (Å²) in [6.45, 7) is 6.15. The molecule has 1 atom stereocenters. The number of nitrogens with one attached hydrogen (secondary N) is 2. The van der Waals surface area contributed by atoms with Crippen LogP contribution in [-0.4, -0.2) is 18.3 Å². The van der Waals surface area contributed by atoms with E-state index in [9.17, 15) is 0 Å². The van der Waals surface area contributed by atoms with Crippen LogP contribution in [-0.2, 0) is 0 Å². The zero-order chi connectivity index (χ0) is 18.2. The summed E-state index contributed by atoms with van der Waals surface area (Å²) in [5.74, 6) is 1.70. The molecular formula is C20H26N2O2S. The lowest BCUT2D eigenvalue weighted by molar-refractivity contribution is 0.242. The van der Waals surface area contributed by atoms with Crippen LogP contribution in [0.4, 0.5) is 5.69 Å². The van der Waals surface area contributed by atoms with E-state index in [1.54, 1.807) is 7.11 Å². The first kappa shape index (κ1) is 19.1. The summed E-state index contributed by atoms with van der Waals surface area (Å²) in [5.41, 5.74) is 2.10. The molecule has 4 nitrogen and oxygen atoms in total. The molecule has 0 aliphatic rings. The predicted molar refractivity (Wildman–Crippen MR) is 108 cm³/mol. The van der Waals surface area contributed by atoms with Gasteiger partial charge in [0.1, 0.15) is 11.5 Å². The van der Waals surface area contributed by atoms with Gasteiger partial charge in [-0.1, -0.05) is 19.1 Å². The molecule has 0 aliphatic carbocycles. The van der Waals surface area contributed by atoms with E-state index >= 15 is 0 Å². The third kappa shape index (κ3) is 5.94. The Balaban J connectivity index is 1.95. The van der Waals surface area contributed by atoms with Gasteiger partial charge in [-0.05, 0) is 74.4 Å². The topological polar surface area (TPSA) is 42.5 Å². The fraction of sp³-hybridized carbons (Fsp3) is 0.350. The summed E-state index contributed by atoms with van der Waals surface area (Å²) in [6, 6.07) is 16.0. The molecule has 2 N–H and O–H groups in total. The number of ether oxygens (including phenoxy) is 2. The second-order valence-electron chi connectivity index (χ2n) is 6.02. The fourth-order valence-electron chi connectivity index (χ4n) is 2.47. The van der Waals surface area contributed by atoms with Gasteiger partial charge in [0.2, 0.25) is 0 Å². The van der Waals surface area contributed by atoms with Crippen LogP contribution in [0.1, 0.15) is 38.8 Å². The quantitative estimate of drug-likeness (QED) is 0.688. The van der Waals surface area contributed by atoms with Crippen molar-refractivity contribution in [2.45, 2.75) is 39.3 Å². The Labute approximate surface area is 155 Å². The molecule has 0 unspecified atom stereocenters. The normalized spacial score (nSPS) is 11.7. The standard InChI is InChI=1S/C20H26N2O2S/c1-5-19(15-6-10-17(23-4)11-7-15)22-20(25)21-16-8-12-18(13-9-16)24-14(2)3/h6-14,19H,5H2,1-4H3,(H2,21,22,25)/t19-/m1/s1. The van der Waals surface area contributed by atoms with E-state index in [-0.39, 0.29) is 12.1 Å². The Hall–Kier alpha value is -2.27. The van der Waals surface area contributed by atoms with E-state index in [2.05, 4.69) is 29.7 Å². The monoisotopic (exact) mass is 358 g/mol. The van der Waals surface area contributed by atoms with Crippen molar-refractivity contribution in [3.8, 4) is 11.5 Å². The van der Waals surface area contributed by atoms with Gasteiger partial charge >= 0.3 is 0 Å². The number of hydrogen-bond acceptors (Lipinski definition) is 3. The summed E-state index contributed by atoms with van der Waals surface area (Å²) >= 11 is 5.45. The van der Waals surface area contributed by atoms with Crippen molar-refractivity contribution < 1.29 is 9.47 Å². The maximum Gasteiger partial charge on any atom is 0.171 e. The first-order chi connectivity index (χ1) is 12.0. The molecule has 0 heterocycles. The summed E-state index contributed by atoms with van der Waals surface area (Å²) < 4.78 is 10.9. The van der Waals surface area contributed by atoms with E-state index in [0.717, 1.165) is 23.6 Å². The number of rotatable bonds is 7. The first-order valence-electron chi connectivity index (χ1n) is 8.50. The maximum absolute atomic E-state index is 5.65. The molecular weight excluding hydrogens is 332 g/mol. The second-order valence-corrected chi connectivity index (χ2v) is 6.43. The van der Waals surface area contributed by atoms with Gasteiger partial charge in [0.05, 0.1) is 19.3 Å². The molecule has 0 saturated carbocycles. The minimum absolute atomic E-state index is 0.148. The highest BCUT2D eigenvalue weighted by atomic mass is 32.1. The van der Waals surface area contributed by atoms with Crippen LogP contribution < -0.4 is 20.1 Å². The van der Waals surface area contributed by atoms with Gasteiger partial charge in [-0.2, -0.15) is 0 Å². The number of anilines is 1. The average molecular weight is 359 g/mol. The molecule has 5 heteroatoms. The van der Waals surface area contributed by atoms with Crippen molar-refractivity contribution in [1.82, 2.24) is 5.32 Å². The highest BCUT2D eigenvalue weighted by Crippen LogP contribution is 2.21. The summed E-state index contributed by atoms with van der Waals surface area (Å²) in [6.07, 6.45) is 1.09. The molecule has 2 rings (SSSR count). The molecule has 25 heavy (non-hydrogen) atoms. The van der Waals surface area contributed by atoms with E-state index in [0.29, 0.717) is 5.11 Å². The van der Waals surface area contributed by atoms with Crippen molar-refractivity contribution in [1.29, 1.82) is 0 Å². The van der Waals surface area contributed by atoms with Gasteiger partial charge in [-0.25, -0.2) is 0 Å². The molecule has 0 saturated heterocycles. The summed E-state index contributed by atoms with van der Waals surface area (Å²) in [7, 11) is 1.67. The van der Waals surface area contributed by atoms with Gasteiger partial charge in [-0.15, -0.1) is 0 Å². The third-order valence-electron chi connectivity index (χ3n) is 3.72. The minimum Gasteiger partial charge on any atom is -0.497 e. The highest BCUT2D eigenvalue weighted by Gasteiger charge is 2.11. The Bertz CT molecular complexity index is 669. The average Bonchev–Trinajstić information content (AvgIpc) is 2.61. The molecule has 2 aromatic rings. The number of thiocarbonyl (C=S) groups is 1. The third-order valence-corrected chi connectivity index (χ3v) is 3.94. The van der Waals surface area contributed by atoms with Crippen LogP contribution in [0.15, 0.2) is 48.5 Å². The molecule has 2 aromatic carbocycles. The van der Waals surface area contributed by atoms with Crippen molar-refractivity contribution in [3.05, 3.63) is 54.1 Å². The highest BCUT2D eigenvalue weighted by molar-refractivity contribution is 7.80. The molecule has 0 fully saturated rings. The van der Waals surface area contributed by atoms with Gasteiger partial charge in [0, 0.05) is 5.69 Å². The molecule has 134 valence electrons. The van der Waals surface area contributed by atoms with Crippen LogP contribution in [0.5, 0.6) is 11.5 Å². The van der Waals surface area contributed by atoms with E-state index in [4.69, 9.17) is 21.7 Å². The zero-order valence-electron chi connectivity index (χ0n) is 15.2. The van der Waals surface area contributed by atoms with Gasteiger partial charge in [0.15, 0.2) is 5.11 Å². The van der Waals surface area contributed by atoms with Crippen LogP contribution in [0.3, 0.4) is 0 Å². The van der Waals surface area contributed by atoms with E-state index < -0.39 is 0 Å². The summed E-state index contributed by atoms with van der Waals surface area (Å²) in [4.78, 5) is 0. The van der Waals surface area contributed by atoms with Gasteiger partial charge < -0.3 is 20.1 Å². The first-order valence-corrected chi connectivity index (χ1v) is 8.90. The lowest BCUT2D eigenvalue weighted by Gasteiger charge is -2.20. The molecule has 0 aliphatic heterocycles. The minimum atomic E-state index is 0.148. The van der Waals surface area contributed by atoms with E-state index in [1.807, 2.05) is 50.2 Å². The molecule has 0 spiro atoms. The number of methoxy groups -OCH3 is 1. The molecule has 0 radical (unpaired) electrons. The predicted octanol–water partition coefficient (Wildman–Crippen LogP) is 4.92. The van der Waals surface area contributed by atoms with Crippen LogP contribution in [0.25, 0.3) is 0 Å². The number of hydrogen-bond donors (Lipinski definition) is 2. The fourth-order valence-corrected chi connectivity index (χ4v) is 2.73. The lowest BCUT2D eigenvalue weighted by Crippen LogP contribution is -2.32. The van der Waals surface area contributed by atoms with Crippen molar-refractivity contribution in [3.63, 3.8) is 0 Å². The van der Waals surface area contributed by atoms with Gasteiger partial charge in [0.25, 0.3) is 0 Å². The lowest BCUT2D eigenvalue weighted by atomic mass is 10.0. The summed E-state index contributed by atoms with van der Waals surface area (Å²) in [5, 5.41) is 7.18. The smallest absolute Gasteiger partial charge is 0.171 e. The Morgan fingerprint density at radius 3 is 2.12 bits per heavy atom. The SMILES string of the molecule is CC[C@@H](NC(=S)Nc1ccc(OC(C)C)cc1)c1ccc(OC)cc1. The van der Waals surface area contributed by atoms with Gasteiger partial charge in [-0.3, -0.25) is 0 Å². The Morgan fingerprint density at radius 1 is 1.00 bits per heavy atom. The largest absolute Gasteiger partial charge is 0.497 e. The zero-order valence-corrected chi connectivity index (χ0v) is 16.0. The van der Waals surface area contributed by atoms with Crippen molar-refractivity contribution in [2.24, 2.45) is 0 Å². The van der Waals surface area contributed by atoms with Crippen LogP contribution in [0, 0.1) is 0 Å². The maximum atomic E-state index is 5.65. The van der Waals surface area contributed by atoms with Crippen molar-refractivity contribution in [2.75, 3.05) is 12.4 Å². The van der Waals surface area contributed by atoms with E-state index in [1.165, 1.54) is 5.56 Å². The molecule has 0 amide bonds. The second kappa shape index (κ2) is 9.28. The Morgan fingerprint density at radius 2 is 1.60 bits per heavy atom. The van der Waals surface area contributed by atoms with Crippen molar-refractivity contribution >= 4 is 23.0 Å². The molecule has 0 bridgehead atoms. The number of benzene rings is 2. The molecule has 0 aromatic heterocycles. The van der Waals surface area contributed by atoms with Crippen LogP contribution >= 0.6 is 12.2 Å². The van der Waals surface area contributed by atoms with Crippen LogP contribution in [0.2, 0.25) is 0 Å². The Kier molecular flexibility index (Phi) is 7.07.